The van der Waals surface area contributed by atoms with E-state index in [1.165, 1.54) is 0 Å². The van der Waals surface area contributed by atoms with Crippen molar-refractivity contribution in [2.75, 3.05) is 18.1 Å². The van der Waals surface area contributed by atoms with Crippen molar-refractivity contribution in [3.63, 3.8) is 0 Å². The average Bonchev–Trinajstić information content (AvgIpc) is 2.38. The SMILES string of the molecule is N#CCCOC(=O)N1CC=Cc2ccccc21. The van der Waals surface area contributed by atoms with Gasteiger partial charge in [-0.3, -0.25) is 4.90 Å². The molecule has 4 heteroatoms. The Morgan fingerprint density at radius 1 is 1.47 bits per heavy atom. The number of fused-ring (bicyclic) bond motifs is 1. The van der Waals surface area contributed by atoms with E-state index in [0.717, 1.165) is 11.3 Å². The lowest BCUT2D eigenvalue weighted by atomic mass is 10.1. The van der Waals surface area contributed by atoms with Crippen LogP contribution in [0.5, 0.6) is 0 Å². The van der Waals surface area contributed by atoms with Crippen molar-refractivity contribution < 1.29 is 9.53 Å². The van der Waals surface area contributed by atoms with Gasteiger partial charge in [0, 0.05) is 6.54 Å². The lowest BCUT2D eigenvalue weighted by Crippen LogP contribution is -2.33. The van der Waals surface area contributed by atoms with Gasteiger partial charge in [0.05, 0.1) is 18.2 Å². The third-order valence-electron chi connectivity index (χ3n) is 2.47. The first-order valence-corrected chi connectivity index (χ1v) is 5.40. The number of ether oxygens (including phenoxy) is 1. The maximum atomic E-state index is 11.8. The van der Waals surface area contributed by atoms with E-state index in [1.54, 1.807) is 4.90 Å². The fraction of sp³-hybridized carbons (Fsp3) is 0.231. The molecule has 0 bridgehead atoms. The molecule has 0 unspecified atom stereocenters. The van der Waals surface area contributed by atoms with Crippen molar-refractivity contribution in [1.29, 1.82) is 5.26 Å². The predicted octanol–water partition coefficient (Wildman–Crippen LogP) is 2.57. The van der Waals surface area contributed by atoms with E-state index < -0.39 is 6.09 Å². The highest BCUT2D eigenvalue weighted by atomic mass is 16.6. The van der Waals surface area contributed by atoms with Crippen LogP contribution in [0.25, 0.3) is 6.08 Å². The molecule has 0 radical (unpaired) electrons. The number of para-hydroxylation sites is 1. The lowest BCUT2D eigenvalue weighted by Gasteiger charge is -2.25. The molecule has 0 saturated heterocycles. The molecule has 0 N–H and O–H groups in total. The quantitative estimate of drug-likeness (QED) is 0.731. The van der Waals surface area contributed by atoms with Gasteiger partial charge in [-0.1, -0.05) is 30.4 Å². The molecule has 0 aliphatic carbocycles. The van der Waals surface area contributed by atoms with Crippen molar-refractivity contribution in [3.8, 4) is 6.07 Å². The van der Waals surface area contributed by atoms with Gasteiger partial charge in [0.15, 0.2) is 0 Å². The third-order valence-corrected chi connectivity index (χ3v) is 2.47. The van der Waals surface area contributed by atoms with Crippen LogP contribution in [0.1, 0.15) is 12.0 Å². The number of nitrogens with zero attached hydrogens (tertiary/aromatic N) is 2. The Bertz CT molecular complexity index is 488. The number of carbonyl (C=O) groups excluding carboxylic acids is 1. The van der Waals surface area contributed by atoms with Gasteiger partial charge >= 0.3 is 6.09 Å². The second-order valence-corrected chi connectivity index (χ2v) is 3.59. The minimum Gasteiger partial charge on any atom is -0.448 e. The first-order chi connectivity index (χ1) is 8.33. The maximum Gasteiger partial charge on any atom is 0.414 e. The van der Waals surface area contributed by atoms with Crippen LogP contribution in [0.2, 0.25) is 0 Å². The Kier molecular flexibility index (Phi) is 3.41. The van der Waals surface area contributed by atoms with Crippen molar-refractivity contribution in [3.05, 3.63) is 35.9 Å². The second-order valence-electron chi connectivity index (χ2n) is 3.59. The Morgan fingerprint density at radius 3 is 3.12 bits per heavy atom. The van der Waals surface area contributed by atoms with E-state index in [2.05, 4.69) is 0 Å². The number of nitriles is 1. The zero-order chi connectivity index (χ0) is 12.1. The number of benzene rings is 1. The molecule has 2 rings (SSSR count). The van der Waals surface area contributed by atoms with Crippen LogP contribution >= 0.6 is 0 Å². The number of carbonyl (C=O) groups is 1. The van der Waals surface area contributed by atoms with Crippen LogP contribution in [0.15, 0.2) is 30.3 Å². The molecule has 0 spiro atoms. The number of hydrogen-bond donors (Lipinski definition) is 0. The summed E-state index contributed by atoms with van der Waals surface area (Å²) in [6, 6.07) is 9.57. The van der Waals surface area contributed by atoms with E-state index in [-0.39, 0.29) is 13.0 Å². The van der Waals surface area contributed by atoms with Gasteiger partial charge in [-0.15, -0.1) is 0 Å². The third kappa shape index (κ3) is 2.45. The van der Waals surface area contributed by atoms with Crippen molar-refractivity contribution in [2.24, 2.45) is 0 Å². The normalized spacial score (nSPS) is 12.8. The molecule has 0 saturated carbocycles. The molecule has 1 amide bonds. The first kappa shape index (κ1) is 11.2. The topological polar surface area (TPSA) is 53.3 Å². The van der Waals surface area contributed by atoms with Gasteiger partial charge in [0.2, 0.25) is 0 Å². The van der Waals surface area contributed by atoms with Crippen molar-refractivity contribution in [1.82, 2.24) is 0 Å². The minimum atomic E-state index is -0.406. The highest BCUT2D eigenvalue weighted by Crippen LogP contribution is 2.25. The van der Waals surface area contributed by atoms with Gasteiger partial charge < -0.3 is 4.74 Å². The largest absolute Gasteiger partial charge is 0.448 e. The highest BCUT2D eigenvalue weighted by molar-refractivity contribution is 5.92. The zero-order valence-electron chi connectivity index (χ0n) is 9.30. The molecule has 1 aromatic carbocycles. The van der Waals surface area contributed by atoms with E-state index >= 15 is 0 Å². The number of rotatable bonds is 2. The summed E-state index contributed by atoms with van der Waals surface area (Å²) in [5, 5.41) is 8.38. The first-order valence-electron chi connectivity index (χ1n) is 5.40. The van der Waals surface area contributed by atoms with Crippen molar-refractivity contribution >= 4 is 17.9 Å². The molecule has 1 heterocycles. The summed E-state index contributed by atoms with van der Waals surface area (Å²) >= 11 is 0. The molecule has 4 nitrogen and oxygen atoms in total. The van der Waals surface area contributed by atoms with Crippen LogP contribution in [0.4, 0.5) is 10.5 Å². The average molecular weight is 228 g/mol. The Balaban J connectivity index is 2.10. The van der Waals surface area contributed by atoms with Crippen LogP contribution in [0, 0.1) is 11.3 Å². The smallest absolute Gasteiger partial charge is 0.414 e. The molecule has 17 heavy (non-hydrogen) atoms. The Hall–Kier alpha value is -2.28. The van der Waals surface area contributed by atoms with Gasteiger partial charge in [-0.2, -0.15) is 5.26 Å². The number of hydrogen-bond acceptors (Lipinski definition) is 3. The van der Waals surface area contributed by atoms with Crippen LogP contribution in [0.3, 0.4) is 0 Å². The van der Waals surface area contributed by atoms with Crippen LogP contribution < -0.4 is 4.90 Å². The Labute approximate surface area is 99.7 Å². The van der Waals surface area contributed by atoms with E-state index in [9.17, 15) is 4.79 Å². The molecule has 0 atom stereocenters. The van der Waals surface area contributed by atoms with Crippen LogP contribution in [-0.2, 0) is 4.74 Å². The maximum absolute atomic E-state index is 11.8. The summed E-state index contributed by atoms with van der Waals surface area (Å²) < 4.78 is 5.01. The van der Waals surface area contributed by atoms with Crippen molar-refractivity contribution in [2.45, 2.75) is 6.42 Å². The van der Waals surface area contributed by atoms with E-state index in [1.807, 2.05) is 42.5 Å². The summed E-state index contributed by atoms with van der Waals surface area (Å²) in [5.41, 5.74) is 1.84. The highest BCUT2D eigenvalue weighted by Gasteiger charge is 2.20. The standard InChI is InChI=1S/C13H12N2O2/c14-8-4-10-17-13(16)15-9-3-6-11-5-1-2-7-12(11)15/h1-3,5-7H,4,9-10H2. The fourth-order valence-electron chi connectivity index (χ4n) is 1.69. The van der Waals surface area contributed by atoms with Gasteiger partial charge in [0.1, 0.15) is 6.61 Å². The molecule has 0 aromatic heterocycles. The molecular weight excluding hydrogens is 216 g/mol. The molecule has 0 fully saturated rings. The summed E-state index contributed by atoms with van der Waals surface area (Å²) in [7, 11) is 0. The summed E-state index contributed by atoms with van der Waals surface area (Å²) in [6.07, 6.45) is 3.70. The zero-order valence-corrected chi connectivity index (χ0v) is 9.30. The van der Waals surface area contributed by atoms with E-state index in [0.29, 0.717) is 6.54 Å². The molecule has 1 aliphatic heterocycles. The van der Waals surface area contributed by atoms with E-state index in [4.69, 9.17) is 10.00 Å². The lowest BCUT2D eigenvalue weighted by molar-refractivity contribution is 0.156. The summed E-state index contributed by atoms with van der Waals surface area (Å²) in [5.74, 6) is 0. The molecule has 1 aliphatic rings. The number of amides is 1. The number of anilines is 1. The van der Waals surface area contributed by atoms with Crippen LogP contribution in [-0.4, -0.2) is 19.2 Å². The second kappa shape index (κ2) is 5.17. The Morgan fingerprint density at radius 2 is 2.29 bits per heavy atom. The summed E-state index contributed by atoms with van der Waals surface area (Å²) in [4.78, 5) is 13.4. The fourth-order valence-corrected chi connectivity index (χ4v) is 1.69. The van der Waals surface area contributed by atoms with Gasteiger partial charge in [-0.25, -0.2) is 4.79 Å². The van der Waals surface area contributed by atoms with Gasteiger partial charge in [-0.05, 0) is 11.6 Å². The molecular formula is C13H12N2O2. The summed E-state index contributed by atoms with van der Waals surface area (Å²) in [6.45, 7) is 0.639. The van der Waals surface area contributed by atoms with Gasteiger partial charge in [0.25, 0.3) is 0 Å². The minimum absolute atomic E-state index is 0.137. The monoisotopic (exact) mass is 228 g/mol. The predicted molar refractivity (Wildman–Crippen MR) is 64.4 cm³/mol. The molecule has 1 aromatic rings. The molecule has 86 valence electrons.